The summed E-state index contributed by atoms with van der Waals surface area (Å²) < 4.78 is 1.56. The molecule has 0 saturated heterocycles. The number of anilines is 1. The molecule has 21 heavy (non-hydrogen) atoms. The van der Waals surface area contributed by atoms with Gasteiger partial charge < -0.3 is 10.8 Å². The van der Waals surface area contributed by atoms with Crippen LogP contribution in [0, 0.1) is 0 Å². The maximum Gasteiger partial charge on any atom is 0.314 e. The molecule has 2 atom stereocenters. The highest BCUT2D eigenvalue weighted by atomic mass is 35.5. The van der Waals surface area contributed by atoms with Gasteiger partial charge in [-0.15, -0.1) is 5.10 Å². The first-order valence-corrected chi connectivity index (χ1v) is 7.09. The molecular weight excluding hydrogens is 315 g/mol. The molecule has 8 heteroatoms. The quantitative estimate of drug-likeness (QED) is 0.884. The predicted octanol–water partition coefficient (Wildman–Crippen LogP) is 2.52. The van der Waals surface area contributed by atoms with Crippen LogP contribution in [0.5, 0.6) is 0 Å². The molecule has 0 fully saturated rings. The van der Waals surface area contributed by atoms with Gasteiger partial charge >= 0.3 is 5.97 Å². The van der Waals surface area contributed by atoms with Crippen molar-refractivity contribution in [2.24, 2.45) is 0 Å². The molecule has 0 aliphatic carbocycles. The van der Waals surface area contributed by atoms with E-state index in [1.165, 1.54) is 0 Å². The summed E-state index contributed by atoms with van der Waals surface area (Å²) >= 11 is 11.9. The lowest BCUT2D eigenvalue weighted by atomic mass is 9.85. The normalized spacial score (nSPS) is 21.0. The molecule has 1 aliphatic heterocycles. The highest BCUT2D eigenvalue weighted by molar-refractivity contribution is 6.42. The Kier molecular flexibility index (Phi) is 3.51. The number of rotatable bonds is 2. The van der Waals surface area contributed by atoms with Gasteiger partial charge in [-0.25, -0.2) is 4.68 Å². The van der Waals surface area contributed by atoms with E-state index in [1.54, 1.807) is 16.8 Å². The Bertz CT molecular complexity index is 716. The zero-order valence-corrected chi connectivity index (χ0v) is 12.3. The van der Waals surface area contributed by atoms with E-state index in [2.05, 4.69) is 10.1 Å². The van der Waals surface area contributed by atoms with Gasteiger partial charge in [0.25, 0.3) is 0 Å². The van der Waals surface area contributed by atoms with Gasteiger partial charge in [0, 0.05) is 5.92 Å². The van der Waals surface area contributed by atoms with Crippen molar-refractivity contribution in [2.75, 3.05) is 5.73 Å². The molecule has 1 aliphatic rings. The Labute approximate surface area is 130 Å². The zero-order chi connectivity index (χ0) is 15.1. The third kappa shape index (κ3) is 2.56. The molecular formula is C13H12Cl2N4O2. The van der Waals surface area contributed by atoms with Gasteiger partial charge in [-0.05, 0) is 24.1 Å². The Morgan fingerprint density at radius 1 is 1.38 bits per heavy atom. The Morgan fingerprint density at radius 3 is 2.81 bits per heavy atom. The Balaban J connectivity index is 1.99. The van der Waals surface area contributed by atoms with Crippen LogP contribution >= 0.6 is 23.2 Å². The topological polar surface area (TPSA) is 94.0 Å². The van der Waals surface area contributed by atoms with E-state index in [-0.39, 0.29) is 11.9 Å². The summed E-state index contributed by atoms with van der Waals surface area (Å²) in [6.07, 6.45) is 0.422. The van der Waals surface area contributed by atoms with Crippen LogP contribution in [0.3, 0.4) is 0 Å². The van der Waals surface area contributed by atoms with Crippen LogP contribution in [-0.2, 0) is 11.3 Å². The second-order valence-corrected chi connectivity index (χ2v) is 5.82. The number of nitrogens with two attached hydrogens (primary N) is 1. The van der Waals surface area contributed by atoms with E-state index in [0.29, 0.717) is 28.8 Å². The molecule has 2 heterocycles. The van der Waals surface area contributed by atoms with Gasteiger partial charge in [0.05, 0.1) is 16.6 Å². The first kappa shape index (κ1) is 14.2. The summed E-state index contributed by atoms with van der Waals surface area (Å²) in [7, 11) is 0. The minimum atomic E-state index is -0.937. The Morgan fingerprint density at radius 2 is 2.14 bits per heavy atom. The van der Waals surface area contributed by atoms with Crippen molar-refractivity contribution in [3.8, 4) is 0 Å². The smallest absolute Gasteiger partial charge is 0.314 e. The lowest BCUT2D eigenvalue weighted by Gasteiger charge is -2.27. The van der Waals surface area contributed by atoms with Crippen molar-refractivity contribution in [3.63, 3.8) is 0 Å². The average molecular weight is 327 g/mol. The number of aromatic nitrogens is 3. The number of carboxylic acid groups (broad SMARTS) is 1. The number of nitrogen functional groups attached to an aromatic ring is 1. The number of fused-ring (bicyclic) bond motifs is 1. The number of carboxylic acids is 1. The predicted molar refractivity (Wildman–Crippen MR) is 78.6 cm³/mol. The second-order valence-electron chi connectivity index (χ2n) is 5.01. The molecule has 3 N–H and O–H groups in total. The van der Waals surface area contributed by atoms with E-state index in [4.69, 9.17) is 28.9 Å². The number of nitrogens with zero attached hydrogens (tertiary/aromatic N) is 3. The highest BCUT2D eigenvalue weighted by Gasteiger charge is 2.35. The third-order valence-electron chi connectivity index (χ3n) is 3.66. The molecule has 6 nitrogen and oxygen atoms in total. The van der Waals surface area contributed by atoms with Gasteiger partial charge in [0.15, 0.2) is 0 Å². The summed E-state index contributed by atoms with van der Waals surface area (Å²) in [5.41, 5.74) is 6.50. The Hall–Kier alpha value is -1.79. The number of halogens is 2. The van der Waals surface area contributed by atoms with Crippen LogP contribution in [0.4, 0.5) is 5.95 Å². The monoisotopic (exact) mass is 326 g/mol. The molecule has 0 bridgehead atoms. The molecule has 0 spiro atoms. The molecule has 2 aromatic rings. The molecule has 0 amide bonds. The van der Waals surface area contributed by atoms with Crippen LogP contribution in [0.1, 0.15) is 29.6 Å². The minimum absolute atomic E-state index is 0.0329. The number of aliphatic carboxylic acids is 1. The standard InChI is InChI=1S/C13H12Cl2N4O2/c14-9-2-1-6(4-10(9)15)7-3-8(12(20)21)11-17-13(16)18-19(11)5-7/h1-2,4,7-8H,3,5H2,(H2,16,18)(H,20,21). The fraction of sp³-hybridized carbons (Fsp3) is 0.308. The molecule has 0 saturated carbocycles. The lowest BCUT2D eigenvalue weighted by molar-refractivity contribution is -0.139. The maximum absolute atomic E-state index is 11.5. The summed E-state index contributed by atoms with van der Waals surface area (Å²) in [6.45, 7) is 0.515. The van der Waals surface area contributed by atoms with Crippen LogP contribution in [0.25, 0.3) is 0 Å². The van der Waals surface area contributed by atoms with Crippen LogP contribution < -0.4 is 5.73 Å². The SMILES string of the molecule is Nc1nc2n(n1)CC(c1ccc(Cl)c(Cl)c1)CC2C(=O)O. The summed E-state index contributed by atoms with van der Waals surface area (Å²) in [5, 5.41) is 14.4. The van der Waals surface area contributed by atoms with Crippen LogP contribution in [0.15, 0.2) is 18.2 Å². The first-order valence-electron chi connectivity index (χ1n) is 6.33. The first-order chi connectivity index (χ1) is 9.95. The third-order valence-corrected chi connectivity index (χ3v) is 4.39. The van der Waals surface area contributed by atoms with E-state index >= 15 is 0 Å². The van der Waals surface area contributed by atoms with E-state index in [1.807, 2.05) is 6.07 Å². The minimum Gasteiger partial charge on any atom is -0.481 e. The van der Waals surface area contributed by atoms with Gasteiger partial charge in [-0.1, -0.05) is 29.3 Å². The van der Waals surface area contributed by atoms with E-state index in [9.17, 15) is 9.90 Å². The molecule has 3 rings (SSSR count). The summed E-state index contributed by atoms with van der Waals surface area (Å²) in [4.78, 5) is 15.5. The van der Waals surface area contributed by atoms with Gasteiger partial charge in [-0.2, -0.15) is 4.98 Å². The van der Waals surface area contributed by atoms with Gasteiger partial charge in [-0.3, -0.25) is 4.79 Å². The van der Waals surface area contributed by atoms with E-state index < -0.39 is 11.9 Å². The second kappa shape index (κ2) is 5.20. The molecule has 110 valence electrons. The number of benzene rings is 1. The summed E-state index contributed by atoms with van der Waals surface area (Å²) in [6, 6.07) is 5.32. The van der Waals surface area contributed by atoms with Crippen molar-refractivity contribution in [3.05, 3.63) is 39.6 Å². The van der Waals surface area contributed by atoms with Gasteiger partial charge in [0.2, 0.25) is 5.95 Å². The number of hydrogen-bond donors (Lipinski definition) is 2. The summed E-state index contributed by atoms with van der Waals surface area (Å²) in [5.74, 6) is -1.21. The average Bonchev–Trinajstić information content (AvgIpc) is 2.80. The van der Waals surface area contributed by atoms with Gasteiger partial charge in [0.1, 0.15) is 11.7 Å². The fourth-order valence-corrected chi connectivity index (χ4v) is 2.96. The number of hydrogen-bond acceptors (Lipinski definition) is 4. The molecule has 1 aromatic heterocycles. The molecule has 2 unspecified atom stereocenters. The van der Waals surface area contributed by atoms with Crippen molar-refractivity contribution in [1.29, 1.82) is 0 Å². The van der Waals surface area contributed by atoms with Crippen molar-refractivity contribution in [1.82, 2.24) is 14.8 Å². The van der Waals surface area contributed by atoms with Crippen molar-refractivity contribution >= 4 is 35.1 Å². The van der Waals surface area contributed by atoms with Crippen LogP contribution in [0.2, 0.25) is 10.0 Å². The number of carbonyl (C=O) groups is 1. The van der Waals surface area contributed by atoms with E-state index in [0.717, 1.165) is 5.56 Å². The highest BCUT2D eigenvalue weighted by Crippen LogP contribution is 2.37. The van der Waals surface area contributed by atoms with Crippen LogP contribution in [-0.4, -0.2) is 25.8 Å². The van der Waals surface area contributed by atoms with Crippen molar-refractivity contribution < 1.29 is 9.90 Å². The van der Waals surface area contributed by atoms with Crippen molar-refractivity contribution in [2.45, 2.75) is 24.8 Å². The maximum atomic E-state index is 11.5. The molecule has 1 aromatic carbocycles. The fourth-order valence-electron chi connectivity index (χ4n) is 2.66. The zero-order valence-electron chi connectivity index (χ0n) is 10.8. The molecule has 0 radical (unpaired) electrons. The lowest BCUT2D eigenvalue weighted by Crippen LogP contribution is -2.28. The largest absolute Gasteiger partial charge is 0.481 e.